The van der Waals surface area contributed by atoms with E-state index in [4.69, 9.17) is 9.51 Å². The quantitative estimate of drug-likeness (QED) is 0.580. The van der Waals surface area contributed by atoms with Gasteiger partial charge in [-0.3, -0.25) is 0 Å². The average Bonchev–Trinajstić information content (AvgIpc) is 2.78. The molecule has 2 aromatic rings. The van der Waals surface area contributed by atoms with Gasteiger partial charge in [0.15, 0.2) is 0 Å². The number of benzene rings is 2. The van der Waals surface area contributed by atoms with Crippen molar-refractivity contribution < 1.29 is 9.51 Å². The second kappa shape index (κ2) is 12.5. The molecule has 0 unspecified atom stereocenters. The summed E-state index contributed by atoms with van der Waals surface area (Å²) in [6.07, 6.45) is 7.14. The second-order valence-electron chi connectivity index (χ2n) is 8.50. The summed E-state index contributed by atoms with van der Waals surface area (Å²) in [4.78, 5) is 0. The Bertz CT molecular complexity index is 644. The van der Waals surface area contributed by atoms with Crippen molar-refractivity contribution in [2.45, 2.75) is 38.5 Å². The zero-order chi connectivity index (χ0) is 19.7. The van der Waals surface area contributed by atoms with Gasteiger partial charge in [-0.15, -0.1) is 12.4 Å². The summed E-state index contributed by atoms with van der Waals surface area (Å²) >= 11 is 0. The fourth-order valence-corrected chi connectivity index (χ4v) is 4.55. The molecular weight excluding hydrogens is 395 g/mol. The van der Waals surface area contributed by atoms with E-state index in [2.05, 4.69) is 70.8 Å². The molecule has 6 heteroatoms. The molecule has 2 fully saturated rings. The molecule has 0 aromatic heterocycles. The van der Waals surface area contributed by atoms with E-state index in [0.29, 0.717) is 7.69 Å². The topological polar surface area (TPSA) is 24.9 Å². The van der Waals surface area contributed by atoms with E-state index in [1.54, 1.807) is 0 Å². The van der Waals surface area contributed by atoms with Gasteiger partial charge in [-0.2, -0.15) is 0 Å². The van der Waals surface area contributed by atoms with Crippen molar-refractivity contribution in [1.29, 1.82) is 0 Å². The van der Waals surface area contributed by atoms with Crippen molar-refractivity contribution in [3.05, 3.63) is 71.8 Å². The molecule has 0 amide bonds. The third kappa shape index (κ3) is 7.40. The maximum absolute atomic E-state index is 5.88. The first-order valence-electron chi connectivity index (χ1n) is 11.2. The van der Waals surface area contributed by atoms with Crippen molar-refractivity contribution in [3.63, 3.8) is 0 Å². The third-order valence-corrected chi connectivity index (χ3v) is 6.35. The highest BCUT2D eigenvalue weighted by Crippen LogP contribution is 2.23. The maximum atomic E-state index is 5.88. The minimum absolute atomic E-state index is 0. The van der Waals surface area contributed by atoms with Crippen LogP contribution in [0.25, 0.3) is 0 Å². The fourth-order valence-electron chi connectivity index (χ4n) is 4.55. The molecule has 30 heavy (non-hydrogen) atoms. The van der Waals surface area contributed by atoms with Gasteiger partial charge in [0.2, 0.25) is 0 Å². The van der Waals surface area contributed by atoms with Gasteiger partial charge in [0.05, 0.1) is 0 Å². The van der Waals surface area contributed by atoms with E-state index in [0.717, 1.165) is 38.0 Å². The summed E-state index contributed by atoms with van der Waals surface area (Å²) < 4.78 is 11.8. The van der Waals surface area contributed by atoms with Crippen LogP contribution in [0.15, 0.2) is 60.7 Å². The van der Waals surface area contributed by atoms with Gasteiger partial charge in [-0.25, -0.2) is 10.1 Å². The molecule has 0 bridgehead atoms. The predicted molar refractivity (Wildman–Crippen MR) is 125 cm³/mol. The molecule has 2 aliphatic heterocycles. The smallest absolute Gasteiger partial charge is 0.326 e. The number of hydroxylamine groups is 4. The molecular formula is C24H34BClN2O2. The fraction of sp³-hybridized carbons (Fsp3) is 0.500. The molecule has 0 radical (unpaired) electrons. The van der Waals surface area contributed by atoms with Gasteiger partial charge in [-0.1, -0.05) is 60.7 Å². The summed E-state index contributed by atoms with van der Waals surface area (Å²) in [6, 6.07) is 21.7. The van der Waals surface area contributed by atoms with E-state index in [9.17, 15) is 0 Å². The van der Waals surface area contributed by atoms with Crippen LogP contribution in [0.1, 0.15) is 36.8 Å². The molecule has 0 saturated carbocycles. The Morgan fingerprint density at radius 3 is 1.37 bits per heavy atom. The zero-order valence-electron chi connectivity index (χ0n) is 17.8. The summed E-state index contributed by atoms with van der Waals surface area (Å²) in [5, 5.41) is 4.17. The standard InChI is InChI=1S/C24H33BN2O2.ClH/c1-3-7-21(8-4-1)19-23-11-15-26(16-12-23)28-25-29-27-17-13-24(14-18-27)20-22-9-5-2-6-10-22;/h1-10,23-25H,11-20H2;1H. The Morgan fingerprint density at radius 2 is 1.00 bits per heavy atom. The Hall–Kier alpha value is -1.37. The summed E-state index contributed by atoms with van der Waals surface area (Å²) in [5.74, 6) is 1.53. The zero-order valence-corrected chi connectivity index (χ0v) is 18.6. The second-order valence-corrected chi connectivity index (χ2v) is 8.50. The van der Waals surface area contributed by atoms with Crippen LogP contribution < -0.4 is 0 Å². The number of hydrogen-bond acceptors (Lipinski definition) is 4. The van der Waals surface area contributed by atoms with Gasteiger partial charge in [0.25, 0.3) is 0 Å². The Labute approximate surface area is 188 Å². The molecule has 4 nitrogen and oxygen atoms in total. The first-order chi connectivity index (χ1) is 14.3. The number of hydrogen-bond donors (Lipinski definition) is 0. The first kappa shape index (κ1) is 23.3. The van der Waals surface area contributed by atoms with Crippen molar-refractivity contribution in [2.75, 3.05) is 26.2 Å². The molecule has 0 atom stereocenters. The molecule has 0 spiro atoms. The first-order valence-corrected chi connectivity index (χ1v) is 11.2. The van der Waals surface area contributed by atoms with Crippen molar-refractivity contribution in [2.24, 2.45) is 11.8 Å². The Kier molecular flexibility index (Phi) is 9.69. The normalized spacial score (nSPS) is 19.3. The lowest BCUT2D eigenvalue weighted by Gasteiger charge is -2.33. The van der Waals surface area contributed by atoms with Crippen LogP contribution in [-0.2, 0) is 22.4 Å². The lowest BCUT2D eigenvalue weighted by atomic mass is 9.91. The van der Waals surface area contributed by atoms with Crippen LogP contribution in [-0.4, -0.2) is 44.0 Å². The third-order valence-electron chi connectivity index (χ3n) is 6.35. The van der Waals surface area contributed by atoms with Gasteiger partial charge in [0, 0.05) is 26.2 Å². The number of rotatable bonds is 8. The highest BCUT2D eigenvalue weighted by atomic mass is 35.5. The highest BCUT2D eigenvalue weighted by Gasteiger charge is 2.23. The number of halogens is 1. The summed E-state index contributed by atoms with van der Waals surface area (Å²) in [5.41, 5.74) is 2.90. The molecule has 2 aliphatic rings. The largest absolute Gasteiger partial charge is 0.474 e. The predicted octanol–water partition coefficient (Wildman–Crippen LogP) is 4.45. The average molecular weight is 429 g/mol. The number of piperidine rings is 2. The SMILES string of the molecule is B(ON1CCC(Cc2ccccc2)CC1)ON1CCC(Cc2ccccc2)CC1.Cl. The van der Waals surface area contributed by atoms with Gasteiger partial charge >= 0.3 is 7.69 Å². The maximum Gasteiger partial charge on any atom is 0.474 e. The number of nitrogens with zero attached hydrogens (tertiary/aromatic N) is 2. The summed E-state index contributed by atoms with van der Waals surface area (Å²) in [6.45, 7) is 4.00. The van der Waals surface area contributed by atoms with E-state index < -0.39 is 0 Å². The van der Waals surface area contributed by atoms with E-state index in [1.807, 2.05) is 0 Å². The van der Waals surface area contributed by atoms with Crippen molar-refractivity contribution in [1.82, 2.24) is 10.1 Å². The molecule has 162 valence electrons. The summed E-state index contributed by atoms with van der Waals surface area (Å²) in [7, 11) is 0.340. The minimum atomic E-state index is 0. The van der Waals surface area contributed by atoms with Crippen LogP contribution >= 0.6 is 12.4 Å². The van der Waals surface area contributed by atoms with Crippen LogP contribution in [0.2, 0.25) is 0 Å². The van der Waals surface area contributed by atoms with Crippen molar-refractivity contribution >= 4 is 20.1 Å². The van der Waals surface area contributed by atoms with Gasteiger partial charge in [-0.05, 0) is 61.5 Å². The van der Waals surface area contributed by atoms with Gasteiger partial charge < -0.3 is 9.51 Å². The molecule has 2 aromatic carbocycles. The van der Waals surface area contributed by atoms with Crippen molar-refractivity contribution in [3.8, 4) is 0 Å². The van der Waals surface area contributed by atoms with Crippen LogP contribution in [0, 0.1) is 11.8 Å². The minimum Gasteiger partial charge on any atom is -0.326 e. The van der Waals surface area contributed by atoms with Crippen LogP contribution in [0.4, 0.5) is 0 Å². The van der Waals surface area contributed by atoms with Crippen LogP contribution in [0.3, 0.4) is 0 Å². The lowest BCUT2D eigenvalue weighted by Crippen LogP contribution is -2.39. The molecule has 4 rings (SSSR count). The molecule has 2 saturated heterocycles. The Morgan fingerprint density at radius 1 is 0.633 bits per heavy atom. The van der Waals surface area contributed by atoms with Gasteiger partial charge in [0.1, 0.15) is 0 Å². The van der Waals surface area contributed by atoms with Crippen LogP contribution in [0.5, 0.6) is 0 Å². The monoisotopic (exact) mass is 428 g/mol. The highest BCUT2D eigenvalue weighted by molar-refractivity contribution is 6.17. The van der Waals surface area contributed by atoms with E-state index >= 15 is 0 Å². The molecule has 0 N–H and O–H groups in total. The van der Waals surface area contributed by atoms with E-state index in [-0.39, 0.29) is 12.4 Å². The lowest BCUT2D eigenvalue weighted by molar-refractivity contribution is -0.145. The molecule has 2 heterocycles. The van der Waals surface area contributed by atoms with E-state index in [1.165, 1.54) is 49.7 Å². The Balaban J connectivity index is 0.00000256. The molecule has 0 aliphatic carbocycles.